The summed E-state index contributed by atoms with van der Waals surface area (Å²) >= 11 is 6.69. The quantitative estimate of drug-likeness (QED) is 0.418. The summed E-state index contributed by atoms with van der Waals surface area (Å²) in [5.41, 5.74) is -1.02. The van der Waals surface area contributed by atoms with Gasteiger partial charge >= 0.3 is 11.2 Å². The summed E-state index contributed by atoms with van der Waals surface area (Å²) in [7, 11) is 0. The Kier molecular flexibility index (Phi) is 5.73. The Morgan fingerprint density at radius 1 is 1.42 bits per heavy atom. The van der Waals surface area contributed by atoms with E-state index in [1.165, 1.54) is 10.6 Å². The highest BCUT2D eigenvalue weighted by Crippen LogP contribution is 2.31. The molecule has 5 nitrogen and oxygen atoms in total. The third-order valence-corrected chi connectivity index (χ3v) is 5.14. The van der Waals surface area contributed by atoms with Crippen LogP contribution < -0.4 is 5.56 Å². The number of nitro groups is 1. The van der Waals surface area contributed by atoms with Gasteiger partial charge in [-0.3, -0.25) is 14.9 Å². The van der Waals surface area contributed by atoms with E-state index < -0.39 is 16.2 Å². The van der Waals surface area contributed by atoms with Gasteiger partial charge in [-0.15, -0.1) is 0 Å². The first-order valence-corrected chi connectivity index (χ1v) is 7.91. The molecule has 0 spiro atoms. The number of halogens is 2. The van der Waals surface area contributed by atoms with E-state index in [4.69, 9.17) is 0 Å². The van der Waals surface area contributed by atoms with Crippen molar-refractivity contribution in [3.05, 3.63) is 37.2 Å². The molecule has 1 rings (SSSR count). The Labute approximate surface area is 128 Å². The number of hydrogen-bond acceptors (Lipinski definition) is 3. The van der Waals surface area contributed by atoms with E-state index in [0.29, 0.717) is 11.0 Å². The molecular weight excluding hydrogens is 380 g/mol. The molecule has 0 aliphatic rings. The normalized spacial score (nSPS) is 11.6. The van der Waals surface area contributed by atoms with Gasteiger partial charge in [0.1, 0.15) is 0 Å². The first kappa shape index (κ1) is 16.4. The van der Waals surface area contributed by atoms with Gasteiger partial charge in [0.2, 0.25) is 0 Å². The fourth-order valence-corrected chi connectivity index (χ4v) is 3.33. The smallest absolute Gasteiger partial charge is 0.308 e. The topological polar surface area (TPSA) is 65.1 Å². The summed E-state index contributed by atoms with van der Waals surface area (Å²) < 4.78 is 1.96. The highest BCUT2D eigenvalue weighted by molar-refractivity contribution is 9.10. The van der Waals surface area contributed by atoms with Gasteiger partial charge in [-0.2, -0.15) is 0 Å². The van der Waals surface area contributed by atoms with Gasteiger partial charge in [0.15, 0.2) is 0 Å². The van der Waals surface area contributed by atoms with Crippen LogP contribution in [-0.4, -0.2) is 14.8 Å². The Morgan fingerprint density at radius 2 is 2.00 bits per heavy atom. The average Bonchev–Trinajstić information content (AvgIpc) is 2.39. The third-order valence-electron chi connectivity index (χ3n) is 3.52. The predicted octanol–water partition coefficient (Wildman–Crippen LogP) is 3.72. The van der Waals surface area contributed by atoms with Gasteiger partial charge in [-0.25, -0.2) is 0 Å². The number of alkyl halides is 1. The molecule has 0 radical (unpaired) electrons. The van der Waals surface area contributed by atoms with Gasteiger partial charge in [0, 0.05) is 28.6 Å². The number of nitrogens with zero attached hydrogens (tertiary/aromatic N) is 2. The summed E-state index contributed by atoms with van der Waals surface area (Å²) in [5, 5.41) is 11.6. The maximum absolute atomic E-state index is 12.1. The van der Waals surface area contributed by atoms with Gasteiger partial charge in [-0.1, -0.05) is 29.8 Å². The molecule has 1 aromatic heterocycles. The van der Waals surface area contributed by atoms with Crippen LogP contribution in [0.15, 0.2) is 21.5 Å². The largest absolute Gasteiger partial charge is 0.335 e. The highest BCUT2D eigenvalue weighted by Gasteiger charge is 2.27. The predicted molar refractivity (Wildman–Crippen MR) is 81.9 cm³/mol. The van der Waals surface area contributed by atoms with E-state index in [1.54, 1.807) is 6.20 Å². The second-order valence-corrected chi connectivity index (χ2v) is 6.05. The minimum atomic E-state index is -0.642. The van der Waals surface area contributed by atoms with Crippen molar-refractivity contribution in [2.45, 2.75) is 33.2 Å². The summed E-state index contributed by atoms with van der Waals surface area (Å²) in [6.45, 7) is 4.58. The van der Waals surface area contributed by atoms with Crippen molar-refractivity contribution in [3.63, 3.8) is 0 Å². The molecular formula is C12H16Br2N2O3. The van der Waals surface area contributed by atoms with Gasteiger partial charge < -0.3 is 4.57 Å². The molecule has 106 valence electrons. The zero-order chi connectivity index (χ0) is 14.6. The average molecular weight is 396 g/mol. The van der Waals surface area contributed by atoms with Crippen LogP contribution in [0.3, 0.4) is 0 Å². The van der Waals surface area contributed by atoms with Crippen LogP contribution in [-0.2, 0) is 6.54 Å². The first-order valence-electron chi connectivity index (χ1n) is 5.99. The lowest BCUT2D eigenvalue weighted by atomic mass is 9.84. The number of hydrogen-bond donors (Lipinski definition) is 0. The maximum atomic E-state index is 12.1. The van der Waals surface area contributed by atoms with Crippen molar-refractivity contribution in [2.75, 3.05) is 5.33 Å². The van der Waals surface area contributed by atoms with Crippen LogP contribution in [0.4, 0.5) is 5.69 Å². The summed E-state index contributed by atoms with van der Waals surface area (Å²) in [6.07, 6.45) is 3.39. The molecule has 0 fully saturated rings. The molecule has 0 aromatic carbocycles. The second kappa shape index (κ2) is 6.65. The van der Waals surface area contributed by atoms with Crippen LogP contribution in [0, 0.1) is 15.5 Å². The Bertz CT molecular complexity index is 516. The summed E-state index contributed by atoms with van der Waals surface area (Å²) in [6, 6.07) is 1.24. The molecule has 1 aromatic rings. The SMILES string of the molecule is CCC(CC)(CBr)Cn1cc(Br)cc([N+](=O)[O-])c1=O. The van der Waals surface area contributed by atoms with Crippen molar-refractivity contribution in [1.29, 1.82) is 0 Å². The van der Waals surface area contributed by atoms with Crippen molar-refractivity contribution >= 4 is 37.5 Å². The Morgan fingerprint density at radius 3 is 2.42 bits per heavy atom. The van der Waals surface area contributed by atoms with E-state index in [2.05, 4.69) is 45.7 Å². The minimum Gasteiger partial charge on any atom is -0.308 e. The molecule has 1 heterocycles. The van der Waals surface area contributed by atoms with E-state index in [-0.39, 0.29) is 5.41 Å². The van der Waals surface area contributed by atoms with Crippen molar-refractivity contribution < 1.29 is 4.92 Å². The van der Waals surface area contributed by atoms with Crippen LogP contribution in [0.1, 0.15) is 26.7 Å². The zero-order valence-electron chi connectivity index (χ0n) is 10.9. The third kappa shape index (κ3) is 3.66. The van der Waals surface area contributed by atoms with Gasteiger partial charge in [-0.05, 0) is 34.2 Å². The lowest BCUT2D eigenvalue weighted by molar-refractivity contribution is -0.386. The van der Waals surface area contributed by atoms with Crippen molar-refractivity contribution in [3.8, 4) is 0 Å². The molecule has 0 aliphatic carbocycles. The maximum Gasteiger partial charge on any atom is 0.335 e. The molecule has 0 bridgehead atoms. The van der Waals surface area contributed by atoms with Crippen LogP contribution in [0.25, 0.3) is 0 Å². The minimum absolute atomic E-state index is 0.0709. The molecule has 0 atom stereocenters. The van der Waals surface area contributed by atoms with Crippen LogP contribution in [0.5, 0.6) is 0 Å². The number of pyridine rings is 1. The van der Waals surface area contributed by atoms with Gasteiger partial charge in [0.05, 0.1) is 4.92 Å². The Hall–Kier alpha value is -0.690. The van der Waals surface area contributed by atoms with Crippen LogP contribution >= 0.6 is 31.9 Å². The van der Waals surface area contributed by atoms with E-state index in [0.717, 1.165) is 18.2 Å². The van der Waals surface area contributed by atoms with E-state index in [1.807, 2.05) is 0 Å². The molecule has 0 saturated carbocycles. The fourth-order valence-electron chi connectivity index (χ4n) is 1.90. The zero-order valence-corrected chi connectivity index (χ0v) is 14.0. The molecule has 0 aliphatic heterocycles. The molecule has 0 saturated heterocycles. The second-order valence-electron chi connectivity index (χ2n) is 4.57. The lowest BCUT2D eigenvalue weighted by Crippen LogP contribution is -2.33. The van der Waals surface area contributed by atoms with E-state index in [9.17, 15) is 14.9 Å². The molecule has 0 amide bonds. The van der Waals surface area contributed by atoms with E-state index >= 15 is 0 Å². The van der Waals surface area contributed by atoms with Gasteiger partial charge in [0.25, 0.3) is 0 Å². The standard InChI is InChI=1S/C12H16Br2N2O3/c1-3-12(4-2,7-13)8-15-6-9(14)5-10(11(15)17)16(18)19/h5-6H,3-4,7-8H2,1-2H3. The van der Waals surface area contributed by atoms with Crippen molar-refractivity contribution in [1.82, 2.24) is 4.57 Å². The number of rotatable bonds is 6. The molecule has 7 heteroatoms. The molecule has 0 unspecified atom stereocenters. The fraction of sp³-hybridized carbons (Fsp3) is 0.583. The molecule has 19 heavy (non-hydrogen) atoms. The molecule has 0 N–H and O–H groups in total. The summed E-state index contributed by atoms with van der Waals surface area (Å²) in [4.78, 5) is 22.3. The number of aromatic nitrogens is 1. The Balaban J connectivity index is 3.28. The summed E-state index contributed by atoms with van der Waals surface area (Å²) in [5.74, 6) is 0. The van der Waals surface area contributed by atoms with Crippen molar-refractivity contribution in [2.24, 2.45) is 5.41 Å². The monoisotopic (exact) mass is 394 g/mol. The lowest BCUT2D eigenvalue weighted by Gasteiger charge is -2.30. The highest BCUT2D eigenvalue weighted by atomic mass is 79.9. The van der Waals surface area contributed by atoms with Crippen LogP contribution in [0.2, 0.25) is 0 Å². The first-order chi connectivity index (χ1) is 8.89.